The molecule has 0 aromatic heterocycles. The molecular formula is C14H19Cl2NO2. The van der Waals surface area contributed by atoms with Crippen molar-refractivity contribution in [3.8, 4) is 5.75 Å². The lowest BCUT2D eigenvalue weighted by molar-refractivity contribution is -0.129. The van der Waals surface area contributed by atoms with Gasteiger partial charge in [0.15, 0.2) is 0 Å². The minimum Gasteiger partial charge on any atom is -0.494 e. The Balaban J connectivity index is 2.27. The highest BCUT2D eigenvalue weighted by Gasteiger charge is 2.07. The van der Waals surface area contributed by atoms with Crippen LogP contribution in [-0.4, -0.2) is 36.9 Å². The largest absolute Gasteiger partial charge is 0.494 e. The summed E-state index contributed by atoms with van der Waals surface area (Å²) < 4.78 is 5.61. The molecule has 0 aliphatic carbocycles. The Hall–Kier alpha value is -0.930. The monoisotopic (exact) mass is 303 g/mol. The summed E-state index contributed by atoms with van der Waals surface area (Å²) in [7, 11) is 1.78. The summed E-state index contributed by atoms with van der Waals surface area (Å²) in [4.78, 5) is 13.2. The van der Waals surface area contributed by atoms with E-state index in [1.807, 2.05) is 25.1 Å². The van der Waals surface area contributed by atoms with Crippen LogP contribution in [0.2, 0.25) is 5.02 Å². The molecule has 0 N–H and O–H groups in total. The Kier molecular flexibility index (Phi) is 7.03. The zero-order chi connectivity index (χ0) is 14.3. The van der Waals surface area contributed by atoms with Gasteiger partial charge in [0.2, 0.25) is 5.91 Å². The SMILES string of the molecule is Cc1cc(OCCCN(C)C(=O)CCCl)ccc1Cl. The van der Waals surface area contributed by atoms with E-state index in [2.05, 4.69) is 0 Å². The molecule has 1 rings (SSSR count). The average molecular weight is 304 g/mol. The van der Waals surface area contributed by atoms with Crippen molar-refractivity contribution >= 4 is 29.1 Å². The first-order valence-corrected chi connectivity index (χ1v) is 7.14. The summed E-state index contributed by atoms with van der Waals surface area (Å²) in [6.07, 6.45) is 1.17. The minimum absolute atomic E-state index is 0.0670. The summed E-state index contributed by atoms with van der Waals surface area (Å²) in [5.74, 6) is 1.23. The Morgan fingerprint density at radius 3 is 2.79 bits per heavy atom. The third-order valence-corrected chi connectivity index (χ3v) is 3.38. The zero-order valence-corrected chi connectivity index (χ0v) is 12.8. The second-order valence-electron chi connectivity index (χ2n) is 4.37. The summed E-state index contributed by atoms with van der Waals surface area (Å²) in [5.41, 5.74) is 0.994. The summed E-state index contributed by atoms with van der Waals surface area (Å²) in [5, 5.41) is 0.735. The van der Waals surface area contributed by atoms with Gasteiger partial charge in [-0.05, 0) is 37.1 Å². The Morgan fingerprint density at radius 2 is 2.16 bits per heavy atom. The molecule has 19 heavy (non-hydrogen) atoms. The van der Waals surface area contributed by atoms with Crippen LogP contribution in [0.4, 0.5) is 0 Å². The molecule has 5 heteroatoms. The van der Waals surface area contributed by atoms with Crippen LogP contribution in [-0.2, 0) is 4.79 Å². The number of carbonyl (C=O) groups is 1. The first-order chi connectivity index (χ1) is 9.04. The van der Waals surface area contributed by atoms with Crippen LogP contribution < -0.4 is 4.74 Å². The van der Waals surface area contributed by atoms with Gasteiger partial charge in [0.25, 0.3) is 0 Å². The quantitative estimate of drug-likeness (QED) is 0.570. The van der Waals surface area contributed by atoms with Gasteiger partial charge in [-0.3, -0.25) is 4.79 Å². The molecule has 0 aliphatic rings. The van der Waals surface area contributed by atoms with Gasteiger partial charge in [-0.25, -0.2) is 0 Å². The number of rotatable bonds is 7. The topological polar surface area (TPSA) is 29.5 Å². The third-order valence-electron chi connectivity index (χ3n) is 2.77. The van der Waals surface area contributed by atoms with E-state index in [4.69, 9.17) is 27.9 Å². The van der Waals surface area contributed by atoms with Crippen molar-refractivity contribution in [2.75, 3.05) is 26.1 Å². The van der Waals surface area contributed by atoms with Crippen molar-refractivity contribution in [1.82, 2.24) is 4.90 Å². The van der Waals surface area contributed by atoms with Crippen molar-refractivity contribution in [2.24, 2.45) is 0 Å². The van der Waals surface area contributed by atoms with E-state index in [1.165, 1.54) is 0 Å². The van der Waals surface area contributed by atoms with E-state index in [-0.39, 0.29) is 5.91 Å². The van der Waals surface area contributed by atoms with E-state index in [0.29, 0.717) is 25.5 Å². The molecule has 3 nitrogen and oxygen atoms in total. The number of ether oxygens (including phenoxy) is 1. The smallest absolute Gasteiger partial charge is 0.223 e. The third kappa shape index (κ3) is 5.70. The fraction of sp³-hybridized carbons (Fsp3) is 0.500. The molecule has 0 heterocycles. The predicted molar refractivity (Wildman–Crippen MR) is 79.3 cm³/mol. The number of alkyl halides is 1. The van der Waals surface area contributed by atoms with Crippen molar-refractivity contribution in [2.45, 2.75) is 19.8 Å². The number of nitrogens with zero attached hydrogens (tertiary/aromatic N) is 1. The van der Waals surface area contributed by atoms with Gasteiger partial charge >= 0.3 is 0 Å². The van der Waals surface area contributed by atoms with E-state index >= 15 is 0 Å². The molecule has 0 unspecified atom stereocenters. The Morgan fingerprint density at radius 1 is 1.42 bits per heavy atom. The van der Waals surface area contributed by atoms with Gasteiger partial charge in [0, 0.05) is 30.9 Å². The molecule has 1 aromatic rings. The normalized spacial score (nSPS) is 10.3. The maximum atomic E-state index is 11.5. The van der Waals surface area contributed by atoms with Crippen LogP contribution in [0.3, 0.4) is 0 Å². The maximum absolute atomic E-state index is 11.5. The van der Waals surface area contributed by atoms with Crippen molar-refractivity contribution < 1.29 is 9.53 Å². The number of amides is 1. The zero-order valence-electron chi connectivity index (χ0n) is 11.3. The summed E-state index contributed by atoms with van der Waals surface area (Å²) >= 11 is 11.5. The number of hydrogen-bond donors (Lipinski definition) is 0. The molecule has 0 bridgehead atoms. The molecule has 0 saturated carbocycles. The van der Waals surface area contributed by atoms with Crippen molar-refractivity contribution in [3.05, 3.63) is 28.8 Å². The Labute approximate surface area is 124 Å². The van der Waals surface area contributed by atoms with Crippen molar-refractivity contribution in [1.29, 1.82) is 0 Å². The fourth-order valence-corrected chi connectivity index (χ4v) is 1.87. The number of halogens is 2. The Bertz CT molecular complexity index is 424. The first kappa shape index (κ1) is 16.1. The summed E-state index contributed by atoms with van der Waals surface area (Å²) in [6, 6.07) is 5.57. The average Bonchev–Trinajstić information content (AvgIpc) is 2.38. The molecule has 0 radical (unpaired) electrons. The molecular weight excluding hydrogens is 285 g/mol. The molecule has 0 aliphatic heterocycles. The highest BCUT2D eigenvalue weighted by Crippen LogP contribution is 2.21. The van der Waals surface area contributed by atoms with E-state index < -0.39 is 0 Å². The summed E-state index contributed by atoms with van der Waals surface area (Å²) in [6.45, 7) is 3.18. The van der Waals surface area contributed by atoms with E-state index in [1.54, 1.807) is 11.9 Å². The van der Waals surface area contributed by atoms with Gasteiger partial charge in [-0.2, -0.15) is 0 Å². The fourth-order valence-electron chi connectivity index (χ4n) is 1.60. The molecule has 0 saturated heterocycles. The molecule has 1 amide bonds. The standard InChI is InChI=1S/C14H19Cl2NO2/c1-11-10-12(4-5-13(11)16)19-9-3-8-17(2)14(18)6-7-15/h4-5,10H,3,6-9H2,1-2H3. The number of benzene rings is 1. The second-order valence-corrected chi connectivity index (χ2v) is 5.15. The van der Waals surface area contributed by atoms with Crippen LogP contribution in [0, 0.1) is 6.92 Å². The molecule has 1 aromatic carbocycles. The number of aryl methyl sites for hydroxylation is 1. The second kappa shape index (κ2) is 8.28. The highest BCUT2D eigenvalue weighted by molar-refractivity contribution is 6.31. The van der Waals surface area contributed by atoms with Gasteiger partial charge < -0.3 is 9.64 Å². The van der Waals surface area contributed by atoms with Gasteiger partial charge in [-0.15, -0.1) is 11.6 Å². The van der Waals surface area contributed by atoms with Crippen LogP contribution >= 0.6 is 23.2 Å². The minimum atomic E-state index is 0.0670. The number of hydrogen-bond acceptors (Lipinski definition) is 2. The predicted octanol–water partition coefficient (Wildman–Crippen LogP) is 3.50. The van der Waals surface area contributed by atoms with Crippen LogP contribution in [0.1, 0.15) is 18.4 Å². The molecule has 106 valence electrons. The first-order valence-electron chi connectivity index (χ1n) is 6.23. The van der Waals surface area contributed by atoms with Crippen LogP contribution in [0.5, 0.6) is 5.75 Å². The van der Waals surface area contributed by atoms with Crippen LogP contribution in [0.25, 0.3) is 0 Å². The van der Waals surface area contributed by atoms with Crippen LogP contribution in [0.15, 0.2) is 18.2 Å². The van der Waals surface area contributed by atoms with Gasteiger partial charge in [0.05, 0.1) is 6.61 Å². The van der Waals surface area contributed by atoms with Gasteiger partial charge in [0.1, 0.15) is 5.75 Å². The van der Waals surface area contributed by atoms with Crippen molar-refractivity contribution in [3.63, 3.8) is 0 Å². The van der Waals surface area contributed by atoms with Gasteiger partial charge in [-0.1, -0.05) is 11.6 Å². The highest BCUT2D eigenvalue weighted by atomic mass is 35.5. The maximum Gasteiger partial charge on any atom is 0.223 e. The lowest BCUT2D eigenvalue weighted by Crippen LogP contribution is -2.28. The lowest BCUT2D eigenvalue weighted by atomic mass is 10.2. The number of carbonyl (C=O) groups excluding carboxylic acids is 1. The lowest BCUT2D eigenvalue weighted by Gasteiger charge is -2.16. The van der Waals surface area contributed by atoms with E-state index in [9.17, 15) is 4.79 Å². The molecule has 0 spiro atoms. The molecule has 0 atom stereocenters. The van der Waals surface area contributed by atoms with E-state index in [0.717, 1.165) is 22.8 Å². The molecule has 0 fully saturated rings.